The summed E-state index contributed by atoms with van der Waals surface area (Å²) in [4.78, 5) is 15.0. The van der Waals surface area contributed by atoms with Crippen LogP contribution < -0.4 is 10.2 Å². The van der Waals surface area contributed by atoms with E-state index in [1.165, 1.54) is 0 Å². The van der Waals surface area contributed by atoms with Crippen LogP contribution in [-0.2, 0) is 17.9 Å². The standard InChI is InChI=1S/C20H27N7O/c1-3-9-26-14-17(15(2)24-26)12-21-19(28)16-7-6-10-25(13-16)20-23-22-18-8-4-5-11-27(18)20/h4-5,8,11,14,16H,3,6-7,9-10,12-13H2,1-2H3,(H,21,28)/t16-/m0/s1. The SMILES string of the molecule is CCCn1cc(CNC(=O)[C@H]2CCCN(c3nnc4ccccn34)C2)c(C)n1. The minimum absolute atomic E-state index is 0.0456. The average Bonchev–Trinajstić information content (AvgIpc) is 3.30. The summed E-state index contributed by atoms with van der Waals surface area (Å²) in [6.07, 6.45) is 6.91. The molecule has 1 amide bonds. The lowest BCUT2D eigenvalue weighted by atomic mass is 9.97. The number of piperidine rings is 1. The Morgan fingerprint density at radius 2 is 2.21 bits per heavy atom. The number of pyridine rings is 1. The zero-order valence-corrected chi connectivity index (χ0v) is 16.5. The first-order valence-corrected chi connectivity index (χ1v) is 10.0. The van der Waals surface area contributed by atoms with Gasteiger partial charge >= 0.3 is 0 Å². The first-order chi connectivity index (χ1) is 13.7. The Labute approximate surface area is 164 Å². The molecular formula is C20H27N7O. The Hall–Kier alpha value is -2.90. The second-order valence-corrected chi connectivity index (χ2v) is 7.43. The number of fused-ring (bicyclic) bond motifs is 1. The molecule has 1 fully saturated rings. The van der Waals surface area contributed by atoms with E-state index in [4.69, 9.17) is 0 Å². The molecule has 0 unspecified atom stereocenters. The Morgan fingerprint density at radius 1 is 1.32 bits per heavy atom. The molecule has 0 saturated carbocycles. The number of aromatic nitrogens is 5. The summed E-state index contributed by atoms with van der Waals surface area (Å²) in [5.41, 5.74) is 2.88. The van der Waals surface area contributed by atoms with Gasteiger partial charge in [-0.25, -0.2) is 0 Å². The summed E-state index contributed by atoms with van der Waals surface area (Å²) in [5, 5.41) is 16.2. The van der Waals surface area contributed by atoms with Gasteiger partial charge in [-0.05, 0) is 38.3 Å². The number of anilines is 1. The van der Waals surface area contributed by atoms with Crippen molar-refractivity contribution in [1.29, 1.82) is 0 Å². The number of hydrogen-bond donors (Lipinski definition) is 1. The van der Waals surface area contributed by atoms with Gasteiger partial charge in [-0.1, -0.05) is 13.0 Å². The fraction of sp³-hybridized carbons (Fsp3) is 0.500. The van der Waals surface area contributed by atoms with Gasteiger partial charge in [0.05, 0.1) is 11.6 Å². The second kappa shape index (κ2) is 8.00. The molecule has 3 aromatic heterocycles. The second-order valence-electron chi connectivity index (χ2n) is 7.43. The molecule has 148 valence electrons. The molecule has 4 rings (SSSR count). The molecular weight excluding hydrogens is 354 g/mol. The number of aryl methyl sites for hydroxylation is 2. The maximum absolute atomic E-state index is 12.8. The molecule has 4 heterocycles. The summed E-state index contributed by atoms with van der Waals surface area (Å²) in [6, 6.07) is 5.85. The van der Waals surface area contributed by atoms with E-state index < -0.39 is 0 Å². The highest BCUT2D eigenvalue weighted by Crippen LogP contribution is 2.22. The maximum Gasteiger partial charge on any atom is 0.231 e. The molecule has 8 heteroatoms. The molecule has 3 aromatic rings. The zero-order chi connectivity index (χ0) is 19.5. The summed E-state index contributed by atoms with van der Waals surface area (Å²) in [6.45, 7) is 7.10. The molecule has 0 aromatic carbocycles. The van der Waals surface area contributed by atoms with E-state index in [1.807, 2.05) is 46.6 Å². The number of carbonyl (C=O) groups is 1. The Morgan fingerprint density at radius 3 is 3.07 bits per heavy atom. The quantitative estimate of drug-likeness (QED) is 0.708. The number of nitrogens with one attached hydrogen (secondary N) is 1. The molecule has 8 nitrogen and oxygen atoms in total. The van der Waals surface area contributed by atoms with Crippen molar-refractivity contribution < 1.29 is 4.79 Å². The molecule has 1 aliphatic rings. The van der Waals surface area contributed by atoms with Gasteiger partial charge in [0.15, 0.2) is 5.65 Å². The zero-order valence-electron chi connectivity index (χ0n) is 16.5. The van der Waals surface area contributed by atoms with Gasteiger partial charge in [0.2, 0.25) is 11.9 Å². The van der Waals surface area contributed by atoms with Crippen molar-refractivity contribution in [3.05, 3.63) is 41.9 Å². The minimum Gasteiger partial charge on any atom is -0.352 e. The Bertz CT molecular complexity index is 961. The lowest BCUT2D eigenvalue weighted by Crippen LogP contribution is -2.43. The molecule has 28 heavy (non-hydrogen) atoms. The predicted molar refractivity (Wildman–Crippen MR) is 107 cm³/mol. The van der Waals surface area contributed by atoms with Gasteiger partial charge in [0.1, 0.15) is 0 Å². The van der Waals surface area contributed by atoms with Gasteiger partial charge < -0.3 is 10.2 Å². The third-order valence-electron chi connectivity index (χ3n) is 5.32. The Kier molecular flexibility index (Phi) is 5.27. The fourth-order valence-corrected chi connectivity index (χ4v) is 3.82. The number of hydrogen-bond acceptors (Lipinski definition) is 5. The van der Waals surface area contributed by atoms with Crippen LogP contribution in [0.1, 0.15) is 37.4 Å². The Balaban J connectivity index is 1.39. The topological polar surface area (TPSA) is 80.4 Å². The maximum atomic E-state index is 12.8. The monoisotopic (exact) mass is 381 g/mol. The van der Waals surface area contributed by atoms with Crippen LogP contribution >= 0.6 is 0 Å². The molecule has 0 bridgehead atoms. The van der Waals surface area contributed by atoms with Gasteiger partial charge in [-0.2, -0.15) is 5.10 Å². The molecule has 0 radical (unpaired) electrons. The van der Waals surface area contributed by atoms with Crippen LogP contribution in [0.4, 0.5) is 5.95 Å². The van der Waals surface area contributed by atoms with Crippen LogP contribution in [0.25, 0.3) is 5.65 Å². The molecule has 1 N–H and O–H groups in total. The predicted octanol–water partition coefficient (Wildman–Crippen LogP) is 2.18. The fourth-order valence-electron chi connectivity index (χ4n) is 3.82. The highest BCUT2D eigenvalue weighted by atomic mass is 16.1. The lowest BCUT2D eigenvalue weighted by Gasteiger charge is -2.31. The van der Waals surface area contributed by atoms with Crippen LogP contribution in [0.15, 0.2) is 30.6 Å². The van der Waals surface area contributed by atoms with E-state index in [9.17, 15) is 4.79 Å². The third kappa shape index (κ3) is 3.72. The summed E-state index contributed by atoms with van der Waals surface area (Å²) in [7, 11) is 0. The van der Waals surface area contributed by atoms with Gasteiger partial charge in [-0.3, -0.25) is 13.9 Å². The van der Waals surface area contributed by atoms with Gasteiger partial charge in [0, 0.05) is 44.1 Å². The minimum atomic E-state index is -0.0456. The van der Waals surface area contributed by atoms with Crippen LogP contribution in [0, 0.1) is 12.8 Å². The van der Waals surface area contributed by atoms with Crippen LogP contribution in [0.5, 0.6) is 0 Å². The third-order valence-corrected chi connectivity index (χ3v) is 5.32. The number of amides is 1. The van der Waals surface area contributed by atoms with E-state index in [0.29, 0.717) is 13.1 Å². The molecule has 1 atom stereocenters. The lowest BCUT2D eigenvalue weighted by molar-refractivity contribution is -0.125. The van der Waals surface area contributed by atoms with Crippen molar-refractivity contribution in [2.45, 2.75) is 46.2 Å². The van der Waals surface area contributed by atoms with E-state index >= 15 is 0 Å². The van der Waals surface area contributed by atoms with Crippen LogP contribution in [0.2, 0.25) is 0 Å². The molecule has 1 saturated heterocycles. The average molecular weight is 381 g/mol. The molecule has 1 aliphatic heterocycles. The van der Waals surface area contributed by atoms with Crippen molar-refractivity contribution >= 4 is 17.5 Å². The highest BCUT2D eigenvalue weighted by Gasteiger charge is 2.28. The molecule has 0 spiro atoms. The van der Waals surface area contributed by atoms with E-state index in [1.54, 1.807) is 0 Å². The highest BCUT2D eigenvalue weighted by molar-refractivity contribution is 5.79. The van der Waals surface area contributed by atoms with Crippen LogP contribution in [-0.4, -0.2) is 43.4 Å². The number of rotatable bonds is 6. The summed E-state index contributed by atoms with van der Waals surface area (Å²) < 4.78 is 3.93. The van der Waals surface area contributed by atoms with E-state index in [2.05, 4.69) is 32.4 Å². The first-order valence-electron chi connectivity index (χ1n) is 10.0. The van der Waals surface area contributed by atoms with E-state index in [0.717, 1.165) is 55.2 Å². The number of carbonyl (C=O) groups excluding carboxylic acids is 1. The van der Waals surface area contributed by atoms with Gasteiger partial charge in [0.25, 0.3) is 0 Å². The van der Waals surface area contributed by atoms with E-state index in [-0.39, 0.29) is 11.8 Å². The van der Waals surface area contributed by atoms with Gasteiger partial charge in [-0.15, -0.1) is 10.2 Å². The van der Waals surface area contributed by atoms with Crippen molar-refractivity contribution in [3.63, 3.8) is 0 Å². The van der Waals surface area contributed by atoms with Crippen molar-refractivity contribution in [1.82, 2.24) is 29.7 Å². The van der Waals surface area contributed by atoms with Crippen molar-refractivity contribution in [2.24, 2.45) is 5.92 Å². The van der Waals surface area contributed by atoms with Crippen LogP contribution in [0.3, 0.4) is 0 Å². The van der Waals surface area contributed by atoms with Crippen molar-refractivity contribution in [3.8, 4) is 0 Å². The van der Waals surface area contributed by atoms with Crippen molar-refractivity contribution in [2.75, 3.05) is 18.0 Å². The summed E-state index contributed by atoms with van der Waals surface area (Å²) in [5.74, 6) is 0.863. The summed E-state index contributed by atoms with van der Waals surface area (Å²) >= 11 is 0. The molecule has 0 aliphatic carbocycles. The normalized spacial score (nSPS) is 17.2. The largest absolute Gasteiger partial charge is 0.352 e. The number of nitrogens with zero attached hydrogens (tertiary/aromatic N) is 6. The smallest absolute Gasteiger partial charge is 0.231 e. The first kappa shape index (κ1) is 18.5.